The van der Waals surface area contributed by atoms with Crippen molar-refractivity contribution in [2.45, 2.75) is 0 Å². The van der Waals surface area contributed by atoms with Crippen LogP contribution in [-0.2, 0) is 0 Å². The molecule has 148 valence electrons. The Labute approximate surface area is 178 Å². The summed E-state index contributed by atoms with van der Waals surface area (Å²) in [5.74, 6) is 0. The lowest BCUT2D eigenvalue weighted by molar-refractivity contribution is 1.30. The number of anilines is 1. The van der Waals surface area contributed by atoms with Crippen LogP contribution in [-0.4, -0.2) is 19.9 Å². The van der Waals surface area contributed by atoms with Crippen LogP contribution in [0.5, 0.6) is 0 Å². The SMILES string of the molecule is Nc1ccc(C2=Cc3cc4ccc(cc5nc(cc6ccc(cc2n3)[nH]6)C=C5)[nH]4)cc1. The van der Waals surface area contributed by atoms with Gasteiger partial charge in [-0.2, -0.15) is 0 Å². The summed E-state index contributed by atoms with van der Waals surface area (Å²) in [6.07, 6.45) is 6.15. The van der Waals surface area contributed by atoms with Crippen molar-refractivity contribution in [2.24, 2.45) is 0 Å². The predicted molar refractivity (Wildman–Crippen MR) is 128 cm³/mol. The number of hydrogen-bond acceptors (Lipinski definition) is 3. The van der Waals surface area contributed by atoms with Crippen LogP contribution in [0.15, 0.2) is 72.8 Å². The van der Waals surface area contributed by atoms with Gasteiger partial charge in [0, 0.05) is 33.3 Å². The molecule has 0 unspecified atom stereocenters. The molecule has 0 aliphatic carbocycles. The molecule has 0 amide bonds. The van der Waals surface area contributed by atoms with Crippen molar-refractivity contribution in [3.05, 3.63) is 101 Å². The number of H-pyrrole nitrogens is 2. The smallest absolute Gasteiger partial charge is 0.0736 e. The Bertz CT molecular complexity index is 1530. The van der Waals surface area contributed by atoms with Gasteiger partial charge in [0.05, 0.1) is 22.8 Å². The average Bonchev–Trinajstić information content (AvgIpc) is 3.54. The Kier molecular flexibility index (Phi) is 3.86. The fourth-order valence-electron chi connectivity index (χ4n) is 3.91. The lowest BCUT2D eigenvalue weighted by atomic mass is 10.0. The van der Waals surface area contributed by atoms with Crippen LogP contribution in [0.2, 0.25) is 0 Å². The standard InChI is InChI=1S/C26H19N5/c27-17-3-1-16(2-4-17)25-14-24-13-22-8-7-20(29-22)11-18-5-6-19(28-18)12-21-9-10-23(30-21)15-26(25)31-24/h1-15,29-30H,27H2. The van der Waals surface area contributed by atoms with Gasteiger partial charge < -0.3 is 15.7 Å². The minimum atomic E-state index is 0.745. The average molecular weight is 401 g/mol. The minimum Gasteiger partial charge on any atom is -0.399 e. The summed E-state index contributed by atoms with van der Waals surface area (Å²) in [5, 5.41) is 0. The second kappa shape index (κ2) is 6.85. The number of aromatic amines is 2. The number of nitrogens with zero attached hydrogens (tertiary/aromatic N) is 2. The number of rotatable bonds is 1. The van der Waals surface area contributed by atoms with E-state index in [0.717, 1.165) is 61.7 Å². The maximum Gasteiger partial charge on any atom is 0.0736 e. The van der Waals surface area contributed by atoms with Gasteiger partial charge in [-0.15, -0.1) is 0 Å². The van der Waals surface area contributed by atoms with Crippen molar-refractivity contribution in [1.29, 1.82) is 0 Å². The monoisotopic (exact) mass is 401 g/mol. The van der Waals surface area contributed by atoms with E-state index in [1.54, 1.807) is 0 Å². The van der Waals surface area contributed by atoms with Gasteiger partial charge in [-0.1, -0.05) is 12.1 Å². The number of nitrogens with two attached hydrogens (primary N) is 1. The molecule has 4 aromatic rings. The molecule has 5 nitrogen and oxygen atoms in total. The molecule has 6 rings (SSSR count). The van der Waals surface area contributed by atoms with Crippen molar-refractivity contribution in [2.75, 3.05) is 5.73 Å². The number of aromatic nitrogens is 4. The van der Waals surface area contributed by atoms with Crippen LogP contribution in [0.3, 0.4) is 0 Å². The number of fused-ring (bicyclic) bond motifs is 8. The molecule has 2 aliphatic rings. The summed E-state index contributed by atoms with van der Waals surface area (Å²) >= 11 is 0. The largest absolute Gasteiger partial charge is 0.399 e. The third kappa shape index (κ3) is 3.42. The normalized spacial score (nSPS) is 12.7. The minimum absolute atomic E-state index is 0.745. The van der Waals surface area contributed by atoms with E-state index in [1.165, 1.54) is 0 Å². The van der Waals surface area contributed by atoms with Crippen molar-refractivity contribution < 1.29 is 0 Å². The zero-order chi connectivity index (χ0) is 20.8. The second-order valence-corrected chi connectivity index (χ2v) is 7.71. The molecule has 2 aliphatic heterocycles. The topological polar surface area (TPSA) is 83.4 Å². The zero-order valence-electron chi connectivity index (χ0n) is 16.6. The first-order chi connectivity index (χ1) is 15.2. The number of nitrogen functional groups attached to an aromatic ring is 1. The summed E-state index contributed by atoms with van der Waals surface area (Å²) < 4.78 is 0. The molecule has 31 heavy (non-hydrogen) atoms. The van der Waals surface area contributed by atoms with Gasteiger partial charge in [0.1, 0.15) is 0 Å². The summed E-state index contributed by atoms with van der Waals surface area (Å²) in [7, 11) is 0. The summed E-state index contributed by atoms with van der Waals surface area (Å²) in [4.78, 5) is 16.5. The van der Waals surface area contributed by atoms with E-state index in [4.69, 9.17) is 10.7 Å². The highest BCUT2D eigenvalue weighted by atomic mass is 14.8. The maximum atomic E-state index is 5.89. The molecule has 3 aromatic heterocycles. The van der Waals surface area contributed by atoms with Gasteiger partial charge in [-0.3, -0.25) is 0 Å². The van der Waals surface area contributed by atoms with E-state index in [0.29, 0.717) is 0 Å². The fraction of sp³-hybridized carbons (Fsp3) is 0. The van der Waals surface area contributed by atoms with Crippen LogP contribution in [0, 0.1) is 0 Å². The molecule has 1 aromatic carbocycles. The molecule has 0 saturated heterocycles. The van der Waals surface area contributed by atoms with E-state index in [2.05, 4.69) is 57.4 Å². The molecule has 0 radical (unpaired) electrons. The van der Waals surface area contributed by atoms with Crippen molar-refractivity contribution in [3.8, 4) is 0 Å². The third-order valence-corrected chi connectivity index (χ3v) is 5.39. The summed E-state index contributed by atoms with van der Waals surface area (Å²) in [5.41, 5.74) is 16.4. The number of nitrogens with one attached hydrogen (secondary N) is 2. The van der Waals surface area contributed by atoms with E-state index in [1.807, 2.05) is 48.6 Å². The highest BCUT2D eigenvalue weighted by Crippen LogP contribution is 2.29. The zero-order valence-corrected chi connectivity index (χ0v) is 16.6. The molecule has 5 heteroatoms. The van der Waals surface area contributed by atoms with Crippen LogP contribution in [0.1, 0.15) is 28.3 Å². The Balaban J connectivity index is 1.63. The highest BCUT2D eigenvalue weighted by Gasteiger charge is 2.12. The fourth-order valence-corrected chi connectivity index (χ4v) is 3.91. The molecule has 0 saturated carbocycles. The Morgan fingerprint density at radius 1 is 0.581 bits per heavy atom. The molecule has 4 N–H and O–H groups in total. The Morgan fingerprint density at radius 3 is 1.74 bits per heavy atom. The Morgan fingerprint density at radius 2 is 1.13 bits per heavy atom. The van der Waals surface area contributed by atoms with E-state index >= 15 is 0 Å². The lowest BCUT2D eigenvalue weighted by Gasteiger charge is -2.02. The molecule has 0 spiro atoms. The first-order valence-corrected chi connectivity index (χ1v) is 10.1. The van der Waals surface area contributed by atoms with Crippen LogP contribution >= 0.6 is 0 Å². The molecule has 5 heterocycles. The van der Waals surface area contributed by atoms with E-state index < -0.39 is 0 Å². The molecule has 0 atom stereocenters. The lowest BCUT2D eigenvalue weighted by Crippen LogP contribution is -1.88. The van der Waals surface area contributed by atoms with Crippen molar-refractivity contribution >= 4 is 51.6 Å². The van der Waals surface area contributed by atoms with Crippen LogP contribution in [0.4, 0.5) is 5.69 Å². The van der Waals surface area contributed by atoms with Crippen molar-refractivity contribution in [3.63, 3.8) is 0 Å². The van der Waals surface area contributed by atoms with Gasteiger partial charge in [0.25, 0.3) is 0 Å². The van der Waals surface area contributed by atoms with E-state index in [-0.39, 0.29) is 0 Å². The molecule has 8 bridgehead atoms. The summed E-state index contributed by atoms with van der Waals surface area (Å²) in [6.45, 7) is 0. The molecule has 0 fully saturated rings. The van der Waals surface area contributed by atoms with Crippen molar-refractivity contribution in [1.82, 2.24) is 19.9 Å². The number of benzene rings is 1. The van der Waals surface area contributed by atoms with Gasteiger partial charge in [0.15, 0.2) is 0 Å². The predicted octanol–water partition coefficient (Wildman–Crippen LogP) is 5.66. The van der Waals surface area contributed by atoms with Crippen LogP contribution in [0.25, 0.3) is 45.9 Å². The molecular weight excluding hydrogens is 382 g/mol. The molecular formula is C26H19N5. The Hall–Kier alpha value is -4.38. The first kappa shape index (κ1) is 17.5. The van der Waals surface area contributed by atoms with Gasteiger partial charge in [-0.05, 0) is 84.5 Å². The second-order valence-electron chi connectivity index (χ2n) is 7.71. The third-order valence-electron chi connectivity index (χ3n) is 5.39. The van der Waals surface area contributed by atoms with Gasteiger partial charge >= 0.3 is 0 Å². The van der Waals surface area contributed by atoms with Crippen LogP contribution < -0.4 is 5.73 Å². The van der Waals surface area contributed by atoms with Gasteiger partial charge in [-0.25, -0.2) is 9.97 Å². The quantitative estimate of drug-likeness (QED) is 0.311. The maximum absolute atomic E-state index is 5.89. The highest BCUT2D eigenvalue weighted by molar-refractivity contribution is 5.93. The first-order valence-electron chi connectivity index (χ1n) is 10.1. The van der Waals surface area contributed by atoms with E-state index in [9.17, 15) is 0 Å². The van der Waals surface area contributed by atoms with Gasteiger partial charge in [0.2, 0.25) is 0 Å². The summed E-state index contributed by atoms with van der Waals surface area (Å²) in [6, 6.07) is 24.3. The number of hydrogen-bond donors (Lipinski definition) is 3.